The van der Waals surface area contributed by atoms with E-state index in [0.29, 0.717) is 12.1 Å². The van der Waals surface area contributed by atoms with E-state index in [0.717, 1.165) is 35.5 Å². The summed E-state index contributed by atoms with van der Waals surface area (Å²) in [7, 11) is 0. The third-order valence-electron chi connectivity index (χ3n) is 5.03. The fraction of sp³-hybridized carbons (Fsp3) is 0.364. The Balaban J connectivity index is 1.36. The lowest BCUT2D eigenvalue weighted by molar-refractivity contribution is -0.153. The number of nitrogens with zero attached hydrogens (tertiary/aromatic N) is 3. The molecule has 9 nitrogen and oxygen atoms in total. The number of aromatic nitrogens is 3. The van der Waals surface area contributed by atoms with Gasteiger partial charge in [-0.05, 0) is 31.7 Å². The summed E-state index contributed by atoms with van der Waals surface area (Å²) in [6.07, 6.45) is 6.04. The van der Waals surface area contributed by atoms with E-state index in [9.17, 15) is 19.9 Å². The number of unbranched alkanes of at least 4 members (excludes halogenated alkanes) is 2. The van der Waals surface area contributed by atoms with Crippen molar-refractivity contribution in [2.24, 2.45) is 0 Å². The number of aryl methyl sites for hydroxylation is 2. The van der Waals surface area contributed by atoms with Gasteiger partial charge in [0.05, 0.1) is 41.6 Å². The van der Waals surface area contributed by atoms with Gasteiger partial charge in [-0.15, -0.1) is 16.4 Å². The molecule has 0 fully saturated rings. The summed E-state index contributed by atoms with van der Waals surface area (Å²) in [5.74, 6) is -0.688. The van der Waals surface area contributed by atoms with E-state index >= 15 is 0 Å². The number of carbonyl (C=O) groups is 2. The van der Waals surface area contributed by atoms with Gasteiger partial charge in [-0.2, -0.15) is 0 Å². The first-order chi connectivity index (χ1) is 15.5. The van der Waals surface area contributed by atoms with Gasteiger partial charge in [0.15, 0.2) is 0 Å². The first kappa shape index (κ1) is 23.6. The number of hydrogen-bond donors (Lipinski definition) is 4. The van der Waals surface area contributed by atoms with Crippen molar-refractivity contribution >= 4 is 23.3 Å². The molecule has 170 valence electrons. The first-order valence-corrected chi connectivity index (χ1v) is 11.3. The highest BCUT2D eigenvalue weighted by molar-refractivity contribution is 7.09. The van der Waals surface area contributed by atoms with Crippen LogP contribution in [0.15, 0.2) is 42.2 Å². The zero-order valence-electron chi connectivity index (χ0n) is 17.8. The maximum Gasteiger partial charge on any atom is 0.349 e. The van der Waals surface area contributed by atoms with Crippen LogP contribution in [0.25, 0.3) is 11.3 Å². The number of nitrogens with one attached hydrogen (secondary N) is 2. The molecular weight excluding hydrogens is 430 g/mol. The third-order valence-corrected chi connectivity index (χ3v) is 5.80. The Morgan fingerprint density at radius 2 is 2.00 bits per heavy atom. The van der Waals surface area contributed by atoms with E-state index in [4.69, 9.17) is 0 Å². The Morgan fingerprint density at radius 3 is 2.62 bits per heavy atom. The van der Waals surface area contributed by atoms with Crippen LogP contribution in [0.2, 0.25) is 0 Å². The minimum absolute atomic E-state index is 0.0554. The molecule has 0 unspecified atom stereocenters. The molecule has 0 saturated carbocycles. The van der Waals surface area contributed by atoms with Gasteiger partial charge in [0, 0.05) is 17.4 Å². The Bertz CT molecular complexity index is 1000. The van der Waals surface area contributed by atoms with Crippen molar-refractivity contribution in [1.29, 1.82) is 0 Å². The Hall–Kier alpha value is -3.08. The highest BCUT2D eigenvalue weighted by atomic mass is 32.1. The number of thiazole rings is 1. The molecule has 0 bridgehead atoms. The lowest BCUT2D eigenvalue weighted by Gasteiger charge is -2.19. The van der Waals surface area contributed by atoms with Crippen LogP contribution < -0.4 is 5.32 Å². The molecule has 0 aliphatic heterocycles. The normalized spacial score (nSPS) is 11.8. The van der Waals surface area contributed by atoms with Gasteiger partial charge in [0.25, 0.3) is 5.91 Å². The van der Waals surface area contributed by atoms with Crippen molar-refractivity contribution in [2.45, 2.75) is 45.1 Å². The van der Waals surface area contributed by atoms with Gasteiger partial charge in [0.2, 0.25) is 0 Å². The molecule has 32 heavy (non-hydrogen) atoms. The van der Waals surface area contributed by atoms with Crippen molar-refractivity contribution in [1.82, 2.24) is 25.3 Å². The number of H-pyrrole nitrogens is 1. The van der Waals surface area contributed by atoms with Crippen LogP contribution in [0.3, 0.4) is 0 Å². The smallest absolute Gasteiger partial charge is 0.349 e. The fourth-order valence-electron chi connectivity index (χ4n) is 3.23. The molecule has 4 N–H and O–H groups in total. The number of aromatic amines is 1. The number of hydrogen-bond acceptors (Lipinski definition) is 7. The van der Waals surface area contributed by atoms with Gasteiger partial charge in [-0.3, -0.25) is 10.0 Å². The maximum atomic E-state index is 12.1. The quantitative estimate of drug-likeness (QED) is 0.209. The number of rotatable bonds is 10. The van der Waals surface area contributed by atoms with Gasteiger partial charge < -0.3 is 15.4 Å². The Labute approximate surface area is 190 Å². The summed E-state index contributed by atoms with van der Waals surface area (Å²) in [5, 5.41) is 24.8. The van der Waals surface area contributed by atoms with Crippen molar-refractivity contribution < 1.29 is 19.9 Å². The average molecular weight is 458 g/mol. The molecule has 1 atom stereocenters. The van der Waals surface area contributed by atoms with Crippen LogP contribution in [0.5, 0.6) is 0 Å². The van der Waals surface area contributed by atoms with E-state index in [1.807, 2.05) is 12.3 Å². The maximum absolute atomic E-state index is 12.1. The van der Waals surface area contributed by atoms with Crippen molar-refractivity contribution in [3.63, 3.8) is 0 Å². The van der Waals surface area contributed by atoms with Crippen LogP contribution in [-0.4, -0.2) is 48.9 Å². The zero-order chi connectivity index (χ0) is 22.9. The SMILES string of the molecule is Cc1nc(-c2ccc(CCCCCC(=O)N(O)C(=O)N[C@H](CO)c3cnc[nH]3)cc2)cs1. The Kier molecular flexibility index (Phi) is 8.48. The fourth-order valence-corrected chi connectivity index (χ4v) is 3.85. The predicted octanol–water partition coefficient (Wildman–Crippen LogP) is 3.61. The highest BCUT2D eigenvalue weighted by Gasteiger charge is 2.23. The minimum atomic E-state index is -0.987. The number of imidazole rings is 1. The summed E-state index contributed by atoms with van der Waals surface area (Å²) in [6.45, 7) is 1.59. The first-order valence-electron chi connectivity index (χ1n) is 10.4. The van der Waals surface area contributed by atoms with Gasteiger partial charge in [-0.1, -0.05) is 30.7 Å². The number of aliphatic hydroxyl groups excluding tert-OH is 1. The lowest BCUT2D eigenvalue weighted by atomic mass is 10.0. The monoisotopic (exact) mass is 457 g/mol. The summed E-state index contributed by atoms with van der Waals surface area (Å²) >= 11 is 1.63. The van der Waals surface area contributed by atoms with Gasteiger partial charge in [-0.25, -0.2) is 14.8 Å². The van der Waals surface area contributed by atoms with E-state index < -0.39 is 24.6 Å². The lowest BCUT2D eigenvalue weighted by Crippen LogP contribution is -2.43. The highest BCUT2D eigenvalue weighted by Crippen LogP contribution is 2.22. The summed E-state index contributed by atoms with van der Waals surface area (Å²) in [4.78, 5) is 35.2. The standard InChI is InChI=1S/C22H27N5O4S/c1-15-25-20(13-32-15)17-9-7-16(8-10-17)5-3-2-4-6-21(29)27(31)22(30)26-19(12-28)18-11-23-14-24-18/h7-11,13-14,19,28,31H,2-6,12H2,1H3,(H,23,24)(H,26,30)/t19-/m1/s1. The number of imide groups is 1. The van der Waals surface area contributed by atoms with E-state index in [2.05, 4.69) is 44.5 Å². The second-order valence-corrected chi connectivity index (χ2v) is 8.47. The van der Waals surface area contributed by atoms with Crippen LogP contribution in [0.1, 0.15) is 48.0 Å². The van der Waals surface area contributed by atoms with Crippen molar-refractivity contribution in [3.8, 4) is 11.3 Å². The van der Waals surface area contributed by atoms with Crippen LogP contribution in [0.4, 0.5) is 4.79 Å². The number of aliphatic hydroxyl groups is 1. The average Bonchev–Trinajstić information content (AvgIpc) is 3.49. The molecule has 3 aromatic rings. The summed E-state index contributed by atoms with van der Waals surface area (Å²) < 4.78 is 0. The summed E-state index contributed by atoms with van der Waals surface area (Å²) in [6, 6.07) is 6.53. The van der Waals surface area contributed by atoms with Crippen molar-refractivity contribution in [2.75, 3.05) is 6.61 Å². The molecule has 10 heteroatoms. The predicted molar refractivity (Wildman–Crippen MR) is 120 cm³/mol. The molecule has 0 radical (unpaired) electrons. The topological polar surface area (TPSA) is 131 Å². The molecule has 0 spiro atoms. The molecule has 0 aliphatic rings. The number of hydroxylamine groups is 2. The van der Waals surface area contributed by atoms with E-state index in [-0.39, 0.29) is 11.5 Å². The second kappa shape index (κ2) is 11.5. The molecular formula is C22H27N5O4S. The van der Waals surface area contributed by atoms with E-state index in [1.165, 1.54) is 18.1 Å². The van der Waals surface area contributed by atoms with Crippen LogP contribution in [0, 0.1) is 6.92 Å². The number of urea groups is 1. The second-order valence-electron chi connectivity index (χ2n) is 7.41. The third kappa shape index (κ3) is 6.46. The van der Waals surface area contributed by atoms with E-state index in [1.54, 1.807) is 11.3 Å². The summed E-state index contributed by atoms with van der Waals surface area (Å²) in [5.41, 5.74) is 3.77. The van der Waals surface area contributed by atoms with Crippen LogP contribution >= 0.6 is 11.3 Å². The molecule has 1 aromatic carbocycles. The molecule has 3 rings (SSSR count). The number of carbonyl (C=O) groups excluding carboxylic acids is 2. The van der Waals surface area contributed by atoms with Gasteiger partial charge in [0.1, 0.15) is 0 Å². The molecule has 0 saturated heterocycles. The molecule has 2 heterocycles. The number of benzene rings is 1. The minimum Gasteiger partial charge on any atom is -0.394 e. The Morgan fingerprint density at radius 1 is 1.22 bits per heavy atom. The molecule has 0 aliphatic carbocycles. The largest absolute Gasteiger partial charge is 0.394 e. The van der Waals surface area contributed by atoms with Crippen LogP contribution in [-0.2, 0) is 11.2 Å². The van der Waals surface area contributed by atoms with Gasteiger partial charge >= 0.3 is 6.03 Å². The molecule has 3 amide bonds. The number of amides is 3. The zero-order valence-corrected chi connectivity index (χ0v) is 18.6. The molecule has 2 aromatic heterocycles. The van der Waals surface area contributed by atoms with Crippen molar-refractivity contribution in [3.05, 3.63) is 58.4 Å².